The molecule has 0 aromatic heterocycles. The summed E-state index contributed by atoms with van der Waals surface area (Å²) in [6.45, 7) is 1.85. The number of nitrogens with one attached hydrogen (secondary N) is 2. The number of rotatable bonds is 4. The van der Waals surface area contributed by atoms with Crippen molar-refractivity contribution in [3.05, 3.63) is 45.4 Å². The molecule has 1 unspecified atom stereocenters. The molecule has 27 heavy (non-hydrogen) atoms. The second-order valence-corrected chi connectivity index (χ2v) is 7.79. The molecule has 0 aliphatic carbocycles. The molecule has 1 atom stereocenters. The summed E-state index contributed by atoms with van der Waals surface area (Å²) < 4.78 is 47.5. The van der Waals surface area contributed by atoms with Crippen molar-refractivity contribution in [2.24, 2.45) is 0 Å². The molecule has 0 saturated heterocycles. The molecular formula is C17H13BrClF3N2O2S. The van der Waals surface area contributed by atoms with Crippen molar-refractivity contribution in [3.8, 4) is 5.75 Å². The van der Waals surface area contributed by atoms with Gasteiger partial charge in [-0.1, -0.05) is 18.5 Å². The summed E-state index contributed by atoms with van der Waals surface area (Å²) in [5, 5.41) is 2.74. The molecule has 144 valence electrons. The summed E-state index contributed by atoms with van der Waals surface area (Å²) in [5.74, 6) is 0.319. The summed E-state index contributed by atoms with van der Waals surface area (Å²) in [5.41, 5.74) is 0.0844. The van der Waals surface area contributed by atoms with E-state index in [9.17, 15) is 18.0 Å². The van der Waals surface area contributed by atoms with Gasteiger partial charge in [-0.2, -0.15) is 13.2 Å². The minimum absolute atomic E-state index is 0.0408. The first-order chi connectivity index (χ1) is 12.7. The summed E-state index contributed by atoms with van der Waals surface area (Å²) >= 11 is 10.5. The zero-order chi connectivity index (χ0) is 19.8. The fourth-order valence-corrected chi connectivity index (χ4v) is 3.97. The van der Waals surface area contributed by atoms with Crippen molar-refractivity contribution in [1.29, 1.82) is 0 Å². The molecular weight excluding hydrogens is 469 g/mol. The molecule has 2 aromatic rings. The molecule has 2 aromatic carbocycles. The van der Waals surface area contributed by atoms with Gasteiger partial charge in [0.15, 0.2) is 6.10 Å². The summed E-state index contributed by atoms with van der Waals surface area (Å²) in [6.07, 6.45) is -4.48. The van der Waals surface area contributed by atoms with E-state index in [1.807, 2.05) is 6.92 Å². The number of hydrogen-bond acceptors (Lipinski definition) is 4. The Morgan fingerprint density at radius 1 is 1.33 bits per heavy atom. The predicted molar refractivity (Wildman–Crippen MR) is 103 cm³/mol. The van der Waals surface area contributed by atoms with Gasteiger partial charge in [0.05, 0.1) is 22.0 Å². The number of fused-ring (bicyclic) bond motifs is 1. The topological polar surface area (TPSA) is 50.4 Å². The first-order valence-electron chi connectivity index (χ1n) is 7.79. The van der Waals surface area contributed by atoms with E-state index in [2.05, 4.69) is 26.0 Å². The van der Waals surface area contributed by atoms with Gasteiger partial charge in [-0.05, 0) is 64.6 Å². The molecule has 2 N–H and O–H groups in total. The lowest BCUT2D eigenvalue weighted by atomic mass is 10.2. The van der Waals surface area contributed by atoms with Crippen molar-refractivity contribution in [3.63, 3.8) is 0 Å². The van der Waals surface area contributed by atoms with Gasteiger partial charge >= 0.3 is 6.18 Å². The molecule has 1 aliphatic rings. The molecule has 1 amide bonds. The lowest BCUT2D eigenvalue weighted by Crippen LogP contribution is -2.36. The molecule has 10 heteroatoms. The average molecular weight is 482 g/mol. The smallest absolute Gasteiger partial charge is 0.416 e. The second kappa shape index (κ2) is 7.81. The minimum atomic E-state index is -4.45. The van der Waals surface area contributed by atoms with E-state index in [1.165, 1.54) is 6.07 Å². The summed E-state index contributed by atoms with van der Waals surface area (Å²) in [4.78, 5) is 12.6. The number of halogens is 5. The van der Waals surface area contributed by atoms with Crippen LogP contribution in [0.4, 0.5) is 24.5 Å². The molecule has 0 fully saturated rings. The number of benzene rings is 2. The number of alkyl halides is 3. The number of amides is 1. The Hall–Kier alpha value is -1.58. The van der Waals surface area contributed by atoms with Crippen LogP contribution in [0.1, 0.15) is 18.9 Å². The maximum absolute atomic E-state index is 12.7. The highest BCUT2D eigenvalue weighted by Crippen LogP contribution is 2.41. The Kier molecular flexibility index (Phi) is 5.83. The Labute approximate surface area is 171 Å². The average Bonchev–Trinajstić information content (AvgIpc) is 2.59. The van der Waals surface area contributed by atoms with E-state index in [1.54, 1.807) is 12.1 Å². The number of carbonyl (C=O) groups excluding carboxylic acids is 1. The lowest BCUT2D eigenvalue weighted by molar-refractivity contribution is -0.137. The third kappa shape index (κ3) is 4.47. The lowest BCUT2D eigenvalue weighted by Gasteiger charge is -2.26. The van der Waals surface area contributed by atoms with Crippen molar-refractivity contribution >= 4 is 56.8 Å². The first kappa shape index (κ1) is 20.2. The Bertz CT molecular complexity index is 895. The van der Waals surface area contributed by atoms with Gasteiger partial charge in [0.2, 0.25) is 0 Å². The van der Waals surface area contributed by atoms with E-state index >= 15 is 0 Å². The van der Waals surface area contributed by atoms with Gasteiger partial charge in [0, 0.05) is 9.37 Å². The molecule has 0 bridgehead atoms. The predicted octanol–water partition coefficient (Wildman–Crippen LogP) is 6.35. The quantitative estimate of drug-likeness (QED) is 0.500. The normalized spacial score (nSPS) is 16.4. The van der Waals surface area contributed by atoms with E-state index in [0.29, 0.717) is 28.0 Å². The van der Waals surface area contributed by atoms with Gasteiger partial charge in [-0.3, -0.25) is 4.79 Å². The van der Waals surface area contributed by atoms with Crippen LogP contribution in [-0.2, 0) is 11.0 Å². The molecule has 0 saturated carbocycles. The SMILES string of the molecule is CCC1Oc2cc(SNc3ccc(C(F)(F)F)cc3Cl)c(Br)cc2NC1=O. The molecule has 3 rings (SSSR count). The molecule has 0 spiro atoms. The van der Waals surface area contributed by atoms with Crippen LogP contribution in [0.15, 0.2) is 39.7 Å². The van der Waals surface area contributed by atoms with Crippen molar-refractivity contribution in [1.82, 2.24) is 0 Å². The van der Waals surface area contributed by atoms with Crippen LogP contribution >= 0.6 is 39.5 Å². The molecule has 1 aliphatic heterocycles. The summed E-state index contributed by atoms with van der Waals surface area (Å²) in [6, 6.07) is 6.54. The standard InChI is InChI=1S/C17H13BrClF3N2O2S/c1-2-13-16(25)23-12-6-9(18)15(7-14(12)26-13)27-24-11-4-3-8(5-10(11)19)17(20,21)22/h3-7,13,24H,2H2,1H3,(H,23,25). The monoisotopic (exact) mass is 480 g/mol. The number of hydrogen-bond donors (Lipinski definition) is 2. The van der Waals surface area contributed by atoms with E-state index in [-0.39, 0.29) is 10.9 Å². The van der Waals surface area contributed by atoms with Crippen LogP contribution in [0.5, 0.6) is 5.75 Å². The first-order valence-corrected chi connectivity index (χ1v) is 9.78. The Morgan fingerprint density at radius 2 is 2.07 bits per heavy atom. The number of carbonyl (C=O) groups is 1. The van der Waals surface area contributed by atoms with Crippen molar-refractivity contribution in [2.75, 3.05) is 10.0 Å². The van der Waals surface area contributed by atoms with Crippen LogP contribution in [0.2, 0.25) is 5.02 Å². The highest BCUT2D eigenvalue weighted by atomic mass is 79.9. The Balaban J connectivity index is 1.78. The third-order valence-electron chi connectivity index (χ3n) is 3.79. The molecule has 0 radical (unpaired) electrons. The Morgan fingerprint density at radius 3 is 2.70 bits per heavy atom. The van der Waals surface area contributed by atoms with Gasteiger partial charge in [0.1, 0.15) is 5.75 Å². The van der Waals surface area contributed by atoms with Crippen LogP contribution in [-0.4, -0.2) is 12.0 Å². The fourth-order valence-electron chi connectivity index (χ4n) is 2.38. The maximum atomic E-state index is 12.7. The van der Waals surface area contributed by atoms with Gasteiger partial charge in [0.25, 0.3) is 5.91 Å². The van der Waals surface area contributed by atoms with Crippen LogP contribution < -0.4 is 14.8 Å². The van der Waals surface area contributed by atoms with Crippen LogP contribution in [0, 0.1) is 0 Å². The number of ether oxygens (including phenoxy) is 1. The minimum Gasteiger partial charge on any atom is -0.478 e. The van der Waals surface area contributed by atoms with Crippen molar-refractivity contribution in [2.45, 2.75) is 30.5 Å². The van der Waals surface area contributed by atoms with Gasteiger partial charge < -0.3 is 14.8 Å². The van der Waals surface area contributed by atoms with E-state index in [4.69, 9.17) is 16.3 Å². The largest absolute Gasteiger partial charge is 0.478 e. The zero-order valence-electron chi connectivity index (χ0n) is 13.8. The highest BCUT2D eigenvalue weighted by Gasteiger charge is 2.31. The van der Waals surface area contributed by atoms with Gasteiger partial charge in [-0.15, -0.1) is 0 Å². The third-order valence-corrected chi connectivity index (χ3v) is 5.90. The molecule has 4 nitrogen and oxygen atoms in total. The second-order valence-electron chi connectivity index (χ2n) is 5.68. The van der Waals surface area contributed by atoms with E-state index < -0.39 is 17.8 Å². The fraction of sp³-hybridized carbons (Fsp3) is 0.235. The highest BCUT2D eigenvalue weighted by molar-refractivity contribution is 9.10. The number of anilines is 2. The molecule has 1 heterocycles. The van der Waals surface area contributed by atoms with Crippen LogP contribution in [0.3, 0.4) is 0 Å². The van der Waals surface area contributed by atoms with Crippen molar-refractivity contribution < 1.29 is 22.7 Å². The van der Waals surface area contributed by atoms with E-state index in [0.717, 1.165) is 29.0 Å². The summed E-state index contributed by atoms with van der Waals surface area (Å²) in [7, 11) is 0. The van der Waals surface area contributed by atoms with Gasteiger partial charge in [-0.25, -0.2) is 0 Å². The maximum Gasteiger partial charge on any atom is 0.416 e. The van der Waals surface area contributed by atoms with Crippen LogP contribution in [0.25, 0.3) is 0 Å². The zero-order valence-corrected chi connectivity index (χ0v) is 16.9.